The van der Waals surface area contributed by atoms with Crippen LogP contribution in [0.2, 0.25) is 0 Å². The van der Waals surface area contributed by atoms with Gasteiger partial charge in [-0.25, -0.2) is 4.79 Å². The number of benzene rings is 3. The Labute approximate surface area is 142 Å². The number of esters is 1. The Morgan fingerprint density at radius 2 is 1.64 bits per heavy atom. The fraction of sp³-hybridized carbons (Fsp3) is 0.105. The molecule has 3 nitrogen and oxygen atoms in total. The molecule has 0 aromatic heterocycles. The average molecular weight is 345 g/mol. The molecule has 25 heavy (non-hydrogen) atoms. The Kier molecular flexibility index (Phi) is 4.61. The predicted molar refractivity (Wildman–Crippen MR) is 89.5 cm³/mol. The molecule has 128 valence electrons. The molecule has 1 N–H and O–H groups in total. The van der Waals surface area contributed by atoms with Crippen molar-refractivity contribution < 1.29 is 22.7 Å². The molecule has 0 amide bonds. The predicted octanol–water partition coefficient (Wildman–Crippen LogP) is 4.88. The molecular weight excluding hydrogens is 331 g/mol. The Morgan fingerprint density at radius 3 is 2.36 bits per heavy atom. The maximum absolute atomic E-state index is 13.3. The number of rotatable bonds is 4. The Hall–Kier alpha value is -3.02. The molecular formula is C19H14F3NO2. The summed E-state index contributed by atoms with van der Waals surface area (Å²) in [5.74, 6) is -0.211. The van der Waals surface area contributed by atoms with Crippen molar-refractivity contribution in [3.8, 4) is 5.75 Å². The minimum absolute atomic E-state index is 0.118. The molecule has 3 rings (SSSR count). The van der Waals surface area contributed by atoms with E-state index in [-0.39, 0.29) is 17.6 Å². The lowest BCUT2D eigenvalue weighted by atomic mass is 10.0. The van der Waals surface area contributed by atoms with Crippen molar-refractivity contribution in [1.29, 1.82) is 0 Å². The topological polar surface area (TPSA) is 38.3 Å². The molecule has 6 heteroatoms. The number of hydrogen-bond donors (Lipinski definition) is 1. The number of alkyl halides is 3. The number of carbonyl (C=O) groups excluding carboxylic acids is 1. The monoisotopic (exact) mass is 345 g/mol. The molecule has 3 aromatic rings. The van der Waals surface area contributed by atoms with E-state index in [1.807, 2.05) is 0 Å². The van der Waals surface area contributed by atoms with Gasteiger partial charge in [-0.2, -0.15) is 13.2 Å². The molecule has 0 aliphatic heterocycles. The van der Waals surface area contributed by atoms with Crippen molar-refractivity contribution in [3.05, 3.63) is 72.3 Å². The summed E-state index contributed by atoms with van der Waals surface area (Å²) in [7, 11) is 0. The van der Waals surface area contributed by atoms with Crippen molar-refractivity contribution in [2.24, 2.45) is 0 Å². The number of fused-ring (bicyclic) bond motifs is 1. The molecule has 0 aliphatic carbocycles. The third-order valence-electron chi connectivity index (χ3n) is 3.58. The van der Waals surface area contributed by atoms with E-state index in [1.165, 1.54) is 6.07 Å². The molecule has 0 unspecified atom stereocenters. The molecule has 3 aromatic carbocycles. The lowest BCUT2D eigenvalue weighted by Crippen LogP contribution is -2.19. The van der Waals surface area contributed by atoms with E-state index in [2.05, 4.69) is 5.32 Å². The van der Waals surface area contributed by atoms with Crippen molar-refractivity contribution in [1.82, 2.24) is 0 Å². The van der Waals surface area contributed by atoms with Gasteiger partial charge in [0.1, 0.15) is 12.3 Å². The summed E-state index contributed by atoms with van der Waals surface area (Å²) < 4.78 is 44.9. The second kappa shape index (κ2) is 6.84. The highest BCUT2D eigenvalue weighted by Gasteiger charge is 2.32. The minimum Gasteiger partial charge on any atom is -0.425 e. The minimum atomic E-state index is -4.48. The molecule has 0 bridgehead atoms. The Morgan fingerprint density at radius 1 is 0.960 bits per heavy atom. The van der Waals surface area contributed by atoms with Crippen LogP contribution < -0.4 is 10.1 Å². The van der Waals surface area contributed by atoms with Crippen LogP contribution in [-0.4, -0.2) is 12.5 Å². The summed E-state index contributed by atoms with van der Waals surface area (Å²) in [6.07, 6.45) is -4.48. The average Bonchev–Trinajstić information content (AvgIpc) is 2.59. The van der Waals surface area contributed by atoms with Crippen LogP contribution in [0.25, 0.3) is 10.8 Å². The summed E-state index contributed by atoms with van der Waals surface area (Å²) in [4.78, 5) is 11.8. The largest absolute Gasteiger partial charge is 0.425 e. The third kappa shape index (κ3) is 4.09. The van der Waals surface area contributed by atoms with Gasteiger partial charge in [-0.05, 0) is 35.0 Å². The molecule has 0 saturated carbocycles. The quantitative estimate of drug-likeness (QED) is 0.541. The lowest BCUT2D eigenvalue weighted by molar-refractivity contribution is -0.136. The van der Waals surface area contributed by atoms with E-state index in [0.717, 1.165) is 6.07 Å². The van der Waals surface area contributed by atoms with E-state index in [1.54, 1.807) is 54.6 Å². The highest BCUT2D eigenvalue weighted by Crippen LogP contribution is 2.36. The van der Waals surface area contributed by atoms with Gasteiger partial charge in [-0.15, -0.1) is 0 Å². The summed E-state index contributed by atoms with van der Waals surface area (Å²) in [6, 6.07) is 17.3. The van der Waals surface area contributed by atoms with Crippen LogP contribution in [0.4, 0.5) is 18.9 Å². The van der Waals surface area contributed by atoms with Gasteiger partial charge in [0.2, 0.25) is 0 Å². The van der Waals surface area contributed by atoms with E-state index >= 15 is 0 Å². The van der Waals surface area contributed by atoms with E-state index in [0.29, 0.717) is 11.1 Å². The van der Waals surface area contributed by atoms with Gasteiger partial charge in [0.05, 0.1) is 5.56 Å². The van der Waals surface area contributed by atoms with Gasteiger partial charge in [0.15, 0.2) is 0 Å². The zero-order chi connectivity index (χ0) is 17.9. The van der Waals surface area contributed by atoms with Gasteiger partial charge in [0, 0.05) is 5.69 Å². The van der Waals surface area contributed by atoms with Gasteiger partial charge in [-0.1, -0.05) is 42.5 Å². The third-order valence-corrected chi connectivity index (χ3v) is 3.58. The molecule has 0 heterocycles. The maximum atomic E-state index is 13.3. The van der Waals surface area contributed by atoms with Crippen molar-refractivity contribution in [2.45, 2.75) is 6.18 Å². The standard InChI is InChI=1S/C19H14F3NO2/c20-19(21,22)17-11-14(10-13-6-4-5-9-16(13)17)23-12-18(24)25-15-7-2-1-3-8-15/h1-11,23H,12H2. The number of nitrogens with one attached hydrogen (secondary N) is 1. The van der Waals surface area contributed by atoms with Crippen molar-refractivity contribution in [3.63, 3.8) is 0 Å². The summed E-state index contributed by atoms with van der Waals surface area (Å²) in [6.45, 7) is -0.246. The molecule has 0 aliphatic rings. The van der Waals surface area contributed by atoms with E-state index in [9.17, 15) is 18.0 Å². The van der Waals surface area contributed by atoms with Gasteiger partial charge in [0.25, 0.3) is 0 Å². The molecule has 0 saturated heterocycles. The van der Waals surface area contributed by atoms with E-state index < -0.39 is 17.7 Å². The molecule has 0 radical (unpaired) electrons. The van der Waals surface area contributed by atoms with Crippen molar-refractivity contribution >= 4 is 22.4 Å². The zero-order valence-corrected chi connectivity index (χ0v) is 13.0. The summed E-state index contributed by atoms with van der Waals surface area (Å²) >= 11 is 0. The van der Waals surface area contributed by atoms with Crippen LogP contribution in [0.3, 0.4) is 0 Å². The second-order valence-corrected chi connectivity index (χ2v) is 5.38. The number of para-hydroxylation sites is 1. The van der Waals surface area contributed by atoms with E-state index in [4.69, 9.17) is 4.74 Å². The zero-order valence-electron chi connectivity index (χ0n) is 13.0. The smallest absolute Gasteiger partial charge is 0.417 e. The van der Waals surface area contributed by atoms with Crippen LogP contribution in [0, 0.1) is 0 Å². The molecule has 0 spiro atoms. The van der Waals surface area contributed by atoms with Crippen LogP contribution >= 0.6 is 0 Å². The highest BCUT2D eigenvalue weighted by molar-refractivity contribution is 5.90. The first-order valence-corrected chi connectivity index (χ1v) is 7.53. The first-order chi connectivity index (χ1) is 11.9. The highest BCUT2D eigenvalue weighted by atomic mass is 19.4. The summed E-state index contributed by atoms with van der Waals surface area (Å²) in [5, 5.41) is 3.25. The van der Waals surface area contributed by atoms with Crippen LogP contribution in [0.15, 0.2) is 66.7 Å². The first-order valence-electron chi connectivity index (χ1n) is 7.53. The van der Waals surface area contributed by atoms with Crippen LogP contribution in [0.5, 0.6) is 5.75 Å². The van der Waals surface area contributed by atoms with Crippen LogP contribution in [-0.2, 0) is 11.0 Å². The second-order valence-electron chi connectivity index (χ2n) is 5.38. The summed E-state index contributed by atoms with van der Waals surface area (Å²) in [5.41, 5.74) is -0.541. The number of carbonyl (C=O) groups is 1. The molecule has 0 fully saturated rings. The fourth-order valence-electron chi connectivity index (χ4n) is 2.48. The van der Waals surface area contributed by atoms with Gasteiger partial charge >= 0.3 is 12.1 Å². The van der Waals surface area contributed by atoms with Crippen molar-refractivity contribution in [2.75, 3.05) is 11.9 Å². The SMILES string of the molecule is O=C(CNc1cc(C(F)(F)F)c2ccccc2c1)Oc1ccccc1. The maximum Gasteiger partial charge on any atom is 0.417 e. The normalized spacial score (nSPS) is 11.3. The molecule has 0 atom stereocenters. The number of halogens is 3. The Balaban J connectivity index is 1.78. The number of anilines is 1. The van der Waals surface area contributed by atoms with Gasteiger partial charge in [-0.3, -0.25) is 0 Å². The first kappa shape index (κ1) is 16.8. The number of hydrogen-bond acceptors (Lipinski definition) is 3. The van der Waals surface area contributed by atoms with Gasteiger partial charge < -0.3 is 10.1 Å². The fourth-order valence-corrected chi connectivity index (χ4v) is 2.48. The lowest BCUT2D eigenvalue weighted by Gasteiger charge is -2.14. The number of ether oxygens (including phenoxy) is 1. The Bertz CT molecular complexity index is 892. The van der Waals surface area contributed by atoms with Crippen LogP contribution in [0.1, 0.15) is 5.56 Å².